The quantitative estimate of drug-likeness (QED) is 0.863. The molecule has 2 aliphatic heterocycles. The van der Waals surface area contributed by atoms with Crippen LogP contribution >= 0.6 is 0 Å². The Balaban J connectivity index is 1.39. The van der Waals surface area contributed by atoms with Crippen LogP contribution in [0.1, 0.15) is 16.7 Å². The molecule has 2 aromatic carbocycles. The summed E-state index contributed by atoms with van der Waals surface area (Å²) >= 11 is 0. The average molecular weight is 281 g/mol. The molecule has 0 aliphatic carbocycles. The number of fused-ring (bicyclic) bond motifs is 2. The molecule has 0 radical (unpaired) electrons. The molecule has 0 N–H and O–H groups in total. The van der Waals surface area contributed by atoms with Crippen LogP contribution in [0.3, 0.4) is 0 Å². The predicted molar refractivity (Wildman–Crippen MR) is 81.7 cm³/mol. The molecule has 0 spiro atoms. The first-order valence-electron chi connectivity index (χ1n) is 7.56. The monoisotopic (exact) mass is 281 g/mol. The van der Waals surface area contributed by atoms with Gasteiger partial charge in [0.05, 0.1) is 0 Å². The van der Waals surface area contributed by atoms with Crippen molar-refractivity contribution in [2.45, 2.75) is 19.4 Å². The van der Waals surface area contributed by atoms with Crippen molar-refractivity contribution in [3.05, 3.63) is 59.2 Å². The topological polar surface area (TPSA) is 21.7 Å². The first kappa shape index (κ1) is 12.7. The summed E-state index contributed by atoms with van der Waals surface area (Å²) in [6.07, 6.45) is 2.22. The number of rotatable bonds is 3. The van der Waals surface area contributed by atoms with E-state index >= 15 is 0 Å². The van der Waals surface area contributed by atoms with Gasteiger partial charge in [0.15, 0.2) is 11.5 Å². The number of hydrogen-bond acceptors (Lipinski definition) is 3. The Morgan fingerprint density at radius 2 is 1.81 bits per heavy atom. The van der Waals surface area contributed by atoms with Crippen LogP contribution in [-0.4, -0.2) is 24.8 Å². The number of hydrogen-bond donors (Lipinski definition) is 0. The van der Waals surface area contributed by atoms with E-state index in [1.807, 2.05) is 6.07 Å². The summed E-state index contributed by atoms with van der Waals surface area (Å²) < 4.78 is 10.8. The van der Waals surface area contributed by atoms with Crippen molar-refractivity contribution < 1.29 is 9.47 Å². The number of nitrogens with zero attached hydrogens (tertiary/aromatic N) is 1. The molecule has 0 saturated carbocycles. The summed E-state index contributed by atoms with van der Waals surface area (Å²) in [5, 5.41) is 0. The number of ether oxygens (including phenoxy) is 2. The fraction of sp³-hybridized carbons (Fsp3) is 0.333. The molecule has 2 heterocycles. The molecule has 21 heavy (non-hydrogen) atoms. The van der Waals surface area contributed by atoms with Gasteiger partial charge in [0.25, 0.3) is 0 Å². The largest absolute Gasteiger partial charge is 0.454 e. The van der Waals surface area contributed by atoms with Gasteiger partial charge in [-0.3, -0.25) is 4.90 Å². The van der Waals surface area contributed by atoms with E-state index in [9.17, 15) is 0 Å². The highest BCUT2D eigenvalue weighted by Crippen LogP contribution is 2.32. The zero-order chi connectivity index (χ0) is 14.1. The Kier molecular flexibility index (Phi) is 3.28. The molecular formula is C18H19NO2. The highest BCUT2D eigenvalue weighted by atomic mass is 16.7. The lowest BCUT2D eigenvalue weighted by Gasteiger charge is -2.28. The van der Waals surface area contributed by atoms with Gasteiger partial charge in [0.2, 0.25) is 6.79 Å². The van der Waals surface area contributed by atoms with Gasteiger partial charge >= 0.3 is 0 Å². The van der Waals surface area contributed by atoms with Crippen molar-refractivity contribution in [3.63, 3.8) is 0 Å². The van der Waals surface area contributed by atoms with Crippen LogP contribution in [0.25, 0.3) is 0 Å². The minimum Gasteiger partial charge on any atom is -0.454 e. The zero-order valence-electron chi connectivity index (χ0n) is 12.0. The van der Waals surface area contributed by atoms with E-state index in [0.717, 1.165) is 44.0 Å². The van der Waals surface area contributed by atoms with Crippen LogP contribution in [0.2, 0.25) is 0 Å². The van der Waals surface area contributed by atoms with Crippen molar-refractivity contribution in [1.82, 2.24) is 4.90 Å². The van der Waals surface area contributed by atoms with Crippen LogP contribution in [-0.2, 0) is 19.4 Å². The van der Waals surface area contributed by atoms with Gasteiger partial charge in [0.1, 0.15) is 0 Å². The molecule has 2 aliphatic rings. The predicted octanol–water partition coefficient (Wildman–Crippen LogP) is 3.02. The molecule has 0 aromatic heterocycles. The Labute approximate surface area is 125 Å². The van der Waals surface area contributed by atoms with Gasteiger partial charge in [-0.1, -0.05) is 30.3 Å². The summed E-state index contributed by atoms with van der Waals surface area (Å²) in [7, 11) is 0. The normalized spacial score (nSPS) is 16.8. The molecular weight excluding hydrogens is 262 g/mol. The summed E-state index contributed by atoms with van der Waals surface area (Å²) in [5.41, 5.74) is 4.31. The van der Waals surface area contributed by atoms with E-state index in [0.29, 0.717) is 6.79 Å². The third-order valence-electron chi connectivity index (χ3n) is 4.36. The molecule has 0 saturated heterocycles. The smallest absolute Gasteiger partial charge is 0.231 e. The Hall–Kier alpha value is -2.00. The fourth-order valence-corrected chi connectivity index (χ4v) is 3.13. The third kappa shape index (κ3) is 2.61. The SMILES string of the molecule is c1ccc2c(c1)CCN(CCc1ccc3c(c1)OCO3)C2. The molecule has 3 nitrogen and oxygen atoms in total. The molecule has 108 valence electrons. The van der Waals surface area contributed by atoms with E-state index in [4.69, 9.17) is 9.47 Å². The van der Waals surface area contributed by atoms with E-state index in [2.05, 4.69) is 41.3 Å². The van der Waals surface area contributed by atoms with E-state index in [-0.39, 0.29) is 0 Å². The Morgan fingerprint density at radius 1 is 0.952 bits per heavy atom. The minimum atomic E-state index is 0.349. The second kappa shape index (κ2) is 5.41. The van der Waals surface area contributed by atoms with Crippen LogP contribution in [0.5, 0.6) is 11.5 Å². The fourth-order valence-electron chi connectivity index (χ4n) is 3.13. The first-order chi connectivity index (χ1) is 10.4. The second-order valence-corrected chi connectivity index (χ2v) is 5.73. The first-order valence-corrected chi connectivity index (χ1v) is 7.56. The van der Waals surface area contributed by atoms with E-state index in [1.165, 1.54) is 16.7 Å². The maximum Gasteiger partial charge on any atom is 0.231 e. The van der Waals surface area contributed by atoms with Gasteiger partial charge < -0.3 is 9.47 Å². The number of benzene rings is 2. The van der Waals surface area contributed by atoms with Crippen molar-refractivity contribution in [2.75, 3.05) is 19.9 Å². The highest BCUT2D eigenvalue weighted by molar-refractivity contribution is 5.44. The molecule has 0 unspecified atom stereocenters. The molecule has 2 aromatic rings. The van der Waals surface area contributed by atoms with Crippen molar-refractivity contribution in [3.8, 4) is 11.5 Å². The molecule has 0 fully saturated rings. The van der Waals surface area contributed by atoms with Crippen molar-refractivity contribution >= 4 is 0 Å². The maximum atomic E-state index is 5.44. The van der Waals surface area contributed by atoms with Gasteiger partial charge in [-0.15, -0.1) is 0 Å². The Bertz CT molecular complexity index is 653. The van der Waals surface area contributed by atoms with Gasteiger partial charge in [-0.05, 0) is 41.7 Å². The summed E-state index contributed by atoms with van der Waals surface area (Å²) in [6, 6.07) is 15.1. The zero-order valence-corrected chi connectivity index (χ0v) is 12.0. The third-order valence-corrected chi connectivity index (χ3v) is 4.36. The van der Waals surface area contributed by atoms with Crippen LogP contribution in [0.15, 0.2) is 42.5 Å². The molecule has 3 heteroatoms. The summed E-state index contributed by atoms with van der Waals surface area (Å²) in [5.74, 6) is 1.75. The standard InChI is InChI=1S/C18H19NO2/c1-2-4-16-12-19(10-8-15(16)3-1)9-7-14-5-6-17-18(11-14)21-13-20-17/h1-6,11H,7-10,12-13H2. The lowest BCUT2D eigenvalue weighted by Crippen LogP contribution is -2.32. The highest BCUT2D eigenvalue weighted by Gasteiger charge is 2.16. The molecule has 0 bridgehead atoms. The van der Waals surface area contributed by atoms with Crippen LogP contribution < -0.4 is 9.47 Å². The molecule has 0 atom stereocenters. The van der Waals surface area contributed by atoms with Gasteiger partial charge in [0, 0.05) is 19.6 Å². The molecule has 0 amide bonds. The van der Waals surface area contributed by atoms with Gasteiger partial charge in [-0.2, -0.15) is 0 Å². The summed E-state index contributed by atoms with van der Waals surface area (Å²) in [4.78, 5) is 2.53. The minimum absolute atomic E-state index is 0.349. The average Bonchev–Trinajstić information content (AvgIpc) is 3.00. The second-order valence-electron chi connectivity index (χ2n) is 5.73. The van der Waals surface area contributed by atoms with E-state index in [1.54, 1.807) is 0 Å². The van der Waals surface area contributed by atoms with Crippen molar-refractivity contribution in [1.29, 1.82) is 0 Å². The Morgan fingerprint density at radius 3 is 2.76 bits per heavy atom. The lowest BCUT2D eigenvalue weighted by molar-refractivity contribution is 0.174. The molecule has 4 rings (SSSR count). The van der Waals surface area contributed by atoms with Crippen LogP contribution in [0, 0.1) is 0 Å². The lowest BCUT2D eigenvalue weighted by atomic mass is 9.99. The van der Waals surface area contributed by atoms with Gasteiger partial charge in [-0.25, -0.2) is 0 Å². The van der Waals surface area contributed by atoms with E-state index < -0.39 is 0 Å². The van der Waals surface area contributed by atoms with Crippen molar-refractivity contribution in [2.24, 2.45) is 0 Å². The summed E-state index contributed by atoms with van der Waals surface area (Å²) in [6.45, 7) is 3.66. The maximum absolute atomic E-state index is 5.44. The van der Waals surface area contributed by atoms with Crippen LogP contribution in [0.4, 0.5) is 0 Å².